The molecule has 6 aliphatic rings. The van der Waals surface area contributed by atoms with E-state index in [1.54, 1.807) is 90.1 Å². The average Bonchev–Trinajstić information content (AvgIpc) is 1.65. The molecule has 1 fully saturated rings. The first-order valence-corrected chi connectivity index (χ1v) is 36.3. The van der Waals surface area contributed by atoms with Gasteiger partial charge in [-0.2, -0.15) is 0 Å². The Hall–Kier alpha value is -10.2. The van der Waals surface area contributed by atoms with Gasteiger partial charge in [0.2, 0.25) is 23.2 Å². The number of hydrogen-bond acceptors (Lipinski definition) is 22. The van der Waals surface area contributed by atoms with Crippen LogP contribution in [-0.4, -0.2) is 179 Å². The van der Waals surface area contributed by atoms with Crippen LogP contribution in [0.5, 0.6) is 17.2 Å². The number of phenolic OH excluding ortho intramolecular Hbond substituents is 1. The van der Waals surface area contributed by atoms with Gasteiger partial charge < -0.3 is 85.5 Å². The number of ketones is 1. The van der Waals surface area contributed by atoms with Gasteiger partial charge in [0.15, 0.2) is 17.1 Å². The smallest absolute Gasteiger partial charge is 0.312 e. The predicted octanol–water partition coefficient (Wildman–Crippen LogP) is 7.56. The van der Waals surface area contributed by atoms with Gasteiger partial charge in [-0.25, -0.2) is 9.78 Å². The van der Waals surface area contributed by atoms with Crippen LogP contribution in [0.1, 0.15) is 135 Å². The number of nitrogens with two attached hydrogens (primary N) is 1. The topological polar surface area (TPSA) is 399 Å². The Balaban J connectivity index is 1.07. The lowest BCUT2D eigenvalue weighted by atomic mass is 9.78. The Morgan fingerprint density at radius 2 is 1.56 bits per heavy atom. The van der Waals surface area contributed by atoms with E-state index in [0.717, 1.165) is 17.7 Å². The number of rotatable bonds is 23. The van der Waals surface area contributed by atoms with Crippen molar-refractivity contribution < 1.29 is 86.6 Å². The molecule has 0 saturated carbocycles. The number of piperidine rings is 1. The molecule has 29 heteroatoms. The fraction of sp³-hybridized carbons (Fsp3) is 0.500. The highest BCUT2D eigenvalue weighted by molar-refractivity contribution is 6.22. The summed E-state index contributed by atoms with van der Waals surface area (Å²) in [6.45, 7) is 17.3. The Labute approximate surface area is 621 Å². The van der Waals surface area contributed by atoms with Crippen LogP contribution in [0.15, 0.2) is 93.9 Å². The normalized spacial score (nSPS) is 24.1. The lowest BCUT2D eigenvalue weighted by molar-refractivity contribution is -0.160. The second-order valence-corrected chi connectivity index (χ2v) is 28.9. The third-order valence-corrected chi connectivity index (χ3v) is 20.6. The molecule has 576 valence electrons. The summed E-state index contributed by atoms with van der Waals surface area (Å²) in [5, 5.41) is 48.9. The number of carbonyl (C=O) groups is 9. The first kappa shape index (κ1) is 80.9. The number of aromatic nitrogens is 1. The number of amides is 8. The van der Waals surface area contributed by atoms with Crippen LogP contribution >= 0.6 is 0 Å². The van der Waals surface area contributed by atoms with Gasteiger partial charge in [0.1, 0.15) is 53.2 Å². The Morgan fingerprint density at radius 3 is 2.21 bits per heavy atom. The van der Waals surface area contributed by atoms with E-state index in [2.05, 4.69) is 36.4 Å². The van der Waals surface area contributed by atoms with Crippen molar-refractivity contribution in [3.8, 4) is 28.7 Å². The lowest BCUT2D eigenvalue weighted by Crippen LogP contribution is -2.54. The predicted molar refractivity (Wildman–Crippen MR) is 399 cm³/mol. The highest BCUT2D eigenvalue weighted by Crippen LogP contribution is 2.51. The number of esters is 1. The van der Waals surface area contributed by atoms with Gasteiger partial charge in [0.25, 0.3) is 23.5 Å². The maximum absolute atomic E-state index is 15.5. The zero-order valence-electron chi connectivity index (χ0n) is 62.9. The van der Waals surface area contributed by atoms with Crippen LogP contribution in [-0.2, 0) is 54.4 Å². The van der Waals surface area contributed by atoms with E-state index in [0.29, 0.717) is 55.3 Å². The number of nitrogens with zero attached hydrogens (tertiary/aromatic N) is 4. The van der Waals surface area contributed by atoms with Gasteiger partial charge in [0.05, 0.1) is 35.5 Å². The molecule has 5 aliphatic heterocycles. The molecule has 5 heterocycles. The number of fused-ring (bicyclic) bond motifs is 2. The van der Waals surface area contributed by atoms with Crippen LogP contribution in [0.3, 0.4) is 0 Å². The number of primary amides is 1. The molecule has 11 atom stereocenters. The number of aliphatic hydroxyl groups excluding tert-OH is 2. The van der Waals surface area contributed by atoms with Crippen LogP contribution in [0, 0.1) is 36.5 Å². The maximum Gasteiger partial charge on any atom is 0.312 e. The molecule has 4 bridgehead atoms. The van der Waals surface area contributed by atoms with Crippen LogP contribution in [0.2, 0.25) is 0 Å². The summed E-state index contributed by atoms with van der Waals surface area (Å²) >= 11 is 0. The van der Waals surface area contributed by atoms with E-state index < -0.39 is 136 Å². The van der Waals surface area contributed by atoms with Gasteiger partial charge in [-0.3, -0.25) is 48.1 Å². The minimum atomic E-state index is -2.18. The van der Waals surface area contributed by atoms with E-state index in [9.17, 15) is 53.7 Å². The summed E-state index contributed by atoms with van der Waals surface area (Å²) in [6, 6.07) is 7.58. The highest BCUT2D eigenvalue weighted by atomic mass is 16.7. The fourth-order valence-corrected chi connectivity index (χ4v) is 14.1. The third kappa shape index (κ3) is 18.6. The van der Waals surface area contributed by atoms with Crippen molar-refractivity contribution in [1.29, 1.82) is 0 Å². The van der Waals surface area contributed by atoms with E-state index >= 15 is 9.59 Å². The zero-order chi connectivity index (χ0) is 78.0. The molecular weight excluding hydrogens is 1380 g/mol. The number of urea groups is 1. The summed E-state index contributed by atoms with van der Waals surface area (Å²) in [7, 11) is 5.48. The van der Waals surface area contributed by atoms with Crippen LogP contribution in [0.4, 0.5) is 21.9 Å². The molecule has 29 nitrogen and oxygen atoms in total. The quantitative estimate of drug-likeness (QED) is 0.0100. The van der Waals surface area contributed by atoms with Crippen molar-refractivity contribution in [1.82, 2.24) is 30.7 Å². The van der Waals surface area contributed by atoms with Gasteiger partial charge in [-0.15, -0.1) is 0 Å². The highest BCUT2D eigenvalue weighted by Gasteiger charge is 2.50. The Kier molecular flexibility index (Phi) is 26.4. The molecule has 107 heavy (non-hydrogen) atoms. The number of allylic oxidation sites excluding steroid dienone is 2. The van der Waals surface area contributed by atoms with Crippen molar-refractivity contribution in [3.63, 3.8) is 0 Å². The van der Waals surface area contributed by atoms with Crippen molar-refractivity contribution in [2.24, 2.45) is 35.3 Å². The van der Waals surface area contributed by atoms with Gasteiger partial charge in [-0.05, 0) is 96.2 Å². The van der Waals surface area contributed by atoms with Crippen molar-refractivity contribution in [2.45, 2.75) is 176 Å². The number of aromatic hydroxyl groups is 1. The lowest BCUT2D eigenvalue weighted by Gasteiger charge is -2.38. The molecule has 0 spiro atoms. The number of carbonyl (C=O) groups excluding carboxylic acids is 9. The molecule has 3 aromatic rings. The Morgan fingerprint density at radius 1 is 0.869 bits per heavy atom. The summed E-state index contributed by atoms with van der Waals surface area (Å²) in [4.78, 5) is 146. The number of ether oxygens (including phenoxy) is 5. The number of hydrogen-bond donors (Lipinski definition) is 9. The Bertz CT molecular complexity index is 4330. The first-order valence-electron chi connectivity index (χ1n) is 36.3. The summed E-state index contributed by atoms with van der Waals surface area (Å²) in [6.07, 6.45) is 9.02. The van der Waals surface area contributed by atoms with Crippen molar-refractivity contribution >= 4 is 92.2 Å². The third-order valence-electron chi connectivity index (χ3n) is 20.6. The standard InChI is InChI=1S/C78H100N10O19/c1-40(2)62(83-56(90)22-15-14-16-33-88-57(91)27-28-58(88)92)76(100)82-52(21-18-32-80-77(79)101)75(99)81-49-25-23-48(24-26-49)39-103-54-37-51(87-34-29-50(30-35-87)86(11)12)38-55-63(54)84-64-59-60-68(95)46(8)71-61(59)73(97)78(10,107-71)104-36-31-53(102-13)43(5)70(105-47(9)89)45(7)67(94)44(6)66(93)41(3)19-17-20-42(4)74(98)85-65(69(60)96)72(64)106-55/h17,19-20,23-28,31,36-38,40-41,43-45,50,52-53,62,66-67,70,93-95H,14-16,18,21-22,29-30,32-35,39H2,1-13H3,(H,81,99)(H,82,100)(H,83,90)(H,85,98)(H3,79,80,101)/b19-17+,36-31+,42-20-/t41-,43+,44+,45+,52-,53-,62-,66-,67+,70+,78-/m0/s1. The molecular formula is C78H100N10O19. The van der Waals surface area contributed by atoms with E-state index in [4.69, 9.17) is 38.8 Å². The maximum atomic E-state index is 15.5. The number of methoxy groups -OCH3 is 1. The number of Topliss-reactive ketones (excluding diaryl/α,β-unsaturated/α-hetero) is 1. The molecule has 0 radical (unpaired) electrons. The molecule has 0 unspecified atom stereocenters. The largest absolute Gasteiger partial charge is 0.507 e. The SMILES string of the molecule is CO[C@H]1/C=C/O[C@@]2(C)Oc3c(C)c(O)c4c(=O)c(c5oc6cc(N7CCC(N(C)C)CC7)cc(OCc7ccc(NC(=O)[C@H](CCCNC(N)=O)NC(=O)[C@@H](NC(=O)CCCCCN8C(=O)C=CC8=O)C(C)C)cc7)c6nc-5c4c3C2=O)NC(=O)/C(C)=C\C=C\[C@H](C)[C@H](O)[C@@H](C)[C@@H](O)[C@@H](C)[C@H](OC(C)=O)[C@@H]1C. The number of benzene rings is 4. The number of unbranched alkanes of at least 4 members (excludes halogenated alkanes) is 2. The number of phenols is 1. The number of anilines is 3. The summed E-state index contributed by atoms with van der Waals surface area (Å²) < 4.78 is 38.0. The zero-order valence-corrected chi connectivity index (χ0v) is 62.9. The van der Waals surface area contributed by atoms with Gasteiger partial charge in [0, 0.05) is 135 Å². The monoisotopic (exact) mass is 1480 g/mol. The molecule has 1 saturated heterocycles. The fourth-order valence-electron chi connectivity index (χ4n) is 14.1. The molecule has 10 N–H and O–H groups in total. The molecule has 8 amide bonds. The molecule has 3 aromatic carbocycles. The number of imide groups is 1. The molecule has 9 rings (SSSR count). The van der Waals surface area contributed by atoms with E-state index in [1.165, 1.54) is 65.4 Å². The van der Waals surface area contributed by atoms with Crippen LogP contribution in [0.25, 0.3) is 33.3 Å². The van der Waals surface area contributed by atoms with E-state index in [-0.39, 0.29) is 107 Å². The summed E-state index contributed by atoms with van der Waals surface area (Å²) in [5.74, 6) is -10.8. The number of nitrogens with one attached hydrogen (secondary N) is 5. The minimum absolute atomic E-state index is 0.0221. The number of aliphatic hydroxyl groups is 2. The minimum Gasteiger partial charge on any atom is -0.507 e. The van der Waals surface area contributed by atoms with Gasteiger partial charge in [-0.1, -0.05) is 78.3 Å². The van der Waals surface area contributed by atoms with Crippen molar-refractivity contribution in [3.05, 3.63) is 112 Å². The second kappa shape index (κ2) is 35.0. The molecule has 0 aromatic heterocycles. The van der Waals surface area contributed by atoms with E-state index in [1.807, 2.05) is 14.1 Å². The second-order valence-electron chi connectivity index (χ2n) is 28.9. The van der Waals surface area contributed by atoms with Crippen molar-refractivity contribution in [2.75, 3.05) is 62.9 Å². The van der Waals surface area contributed by atoms with Gasteiger partial charge >= 0.3 is 17.8 Å². The average molecular weight is 1480 g/mol. The molecule has 1 aliphatic carbocycles. The van der Waals surface area contributed by atoms with Crippen LogP contribution < -0.4 is 52.1 Å². The first-order chi connectivity index (χ1) is 50.7. The summed E-state index contributed by atoms with van der Waals surface area (Å²) in [5.41, 5.74) is 5.45.